The van der Waals surface area contributed by atoms with Crippen LogP contribution in [0, 0.1) is 6.92 Å². The minimum Gasteiger partial charge on any atom is -0.477 e. The van der Waals surface area contributed by atoms with Crippen LogP contribution < -0.4 is 0 Å². The Labute approximate surface area is 111 Å². The molecule has 0 fully saturated rings. The number of thiazole rings is 1. The lowest BCUT2D eigenvalue weighted by Crippen LogP contribution is -1.94. The van der Waals surface area contributed by atoms with Gasteiger partial charge in [0.05, 0.1) is 5.69 Å². The topological polar surface area (TPSA) is 50.2 Å². The lowest BCUT2D eigenvalue weighted by atomic mass is 10.4. The molecule has 0 aliphatic heterocycles. The largest absolute Gasteiger partial charge is 0.477 e. The molecular formula is C11H8ClNO2S2. The van der Waals surface area contributed by atoms with Gasteiger partial charge < -0.3 is 5.11 Å². The lowest BCUT2D eigenvalue weighted by molar-refractivity contribution is 0.0701. The number of aromatic nitrogens is 1. The molecule has 17 heavy (non-hydrogen) atoms. The van der Waals surface area contributed by atoms with Crippen molar-refractivity contribution in [3.05, 3.63) is 39.9 Å². The standard InChI is InChI=1S/C11H8ClNO2S2/c1-6-9(10(14)15)17-11(13-6)16-8-4-2-7(12)3-5-8/h2-5H,1H3,(H,14,15). The Bertz CT molecular complexity index is 551. The molecule has 0 aliphatic carbocycles. The van der Waals surface area contributed by atoms with Crippen LogP contribution in [0.15, 0.2) is 33.5 Å². The van der Waals surface area contributed by atoms with E-state index in [1.54, 1.807) is 19.1 Å². The molecule has 0 aliphatic rings. The molecule has 2 rings (SSSR count). The molecule has 0 unspecified atom stereocenters. The molecular weight excluding hydrogens is 278 g/mol. The van der Waals surface area contributed by atoms with Crippen LogP contribution in [0.3, 0.4) is 0 Å². The number of carbonyl (C=O) groups is 1. The van der Waals surface area contributed by atoms with Gasteiger partial charge in [-0.15, -0.1) is 11.3 Å². The minimum absolute atomic E-state index is 0.293. The number of aryl methyl sites for hydroxylation is 1. The SMILES string of the molecule is Cc1nc(Sc2ccc(Cl)cc2)sc1C(=O)O. The molecule has 3 nitrogen and oxygen atoms in total. The summed E-state index contributed by atoms with van der Waals surface area (Å²) in [6.07, 6.45) is 0. The number of hydrogen-bond acceptors (Lipinski definition) is 4. The van der Waals surface area contributed by atoms with Gasteiger partial charge in [-0.2, -0.15) is 0 Å². The van der Waals surface area contributed by atoms with Gasteiger partial charge in [0.2, 0.25) is 0 Å². The average Bonchev–Trinajstić information content (AvgIpc) is 2.63. The molecule has 0 spiro atoms. The van der Waals surface area contributed by atoms with Crippen LogP contribution in [0.25, 0.3) is 0 Å². The summed E-state index contributed by atoms with van der Waals surface area (Å²) in [7, 11) is 0. The molecule has 1 heterocycles. The molecule has 0 bridgehead atoms. The molecule has 0 saturated heterocycles. The van der Waals surface area contributed by atoms with Crippen molar-refractivity contribution in [3.63, 3.8) is 0 Å². The van der Waals surface area contributed by atoms with E-state index in [1.165, 1.54) is 23.1 Å². The smallest absolute Gasteiger partial charge is 0.347 e. The zero-order valence-electron chi connectivity index (χ0n) is 8.81. The number of halogens is 1. The quantitative estimate of drug-likeness (QED) is 0.927. The van der Waals surface area contributed by atoms with Gasteiger partial charge in [0, 0.05) is 9.92 Å². The first-order valence-corrected chi connectivity index (χ1v) is 6.71. The van der Waals surface area contributed by atoms with Crippen molar-refractivity contribution in [2.24, 2.45) is 0 Å². The highest BCUT2D eigenvalue weighted by atomic mass is 35.5. The molecule has 1 N–H and O–H groups in total. The minimum atomic E-state index is -0.928. The maximum Gasteiger partial charge on any atom is 0.347 e. The second kappa shape index (κ2) is 5.08. The van der Waals surface area contributed by atoms with Crippen molar-refractivity contribution in [3.8, 4) is 0 Å². The van der Waals surface area contributed by atoms with Crippen LogP contribution in [-0.4, -0.2) is 16.1 Å². The Kier molecular flexibility index (Phi) is 3.71. The molecule has 2 aromatic rings. The number of carboxylic acids is 1. The fraction of sp³-hybridized carbons (Fsp3) is 0.0909. The van der Waals surface area contributed by atoms with E-state index in [-0.39, 0.29) is 0 Å². The highest BCUT2D eigenvalue weighted by molar-refractivity contribution is 8.01. The number of rotatable bonds is 3. The van der Waals surface area contributed by atoms with E-state index in [2.05, 4.69) is 4.98 Å². The summed E-state index contributed by atoms with van der Waals surface area (Å²) in [5.74, 6) is -0.928. The zero-order chi connectivity index (χ0) is 12.4. The van der Waals surface area contributed by atoms with Crippen molar-refractivity contribution >= 4 is 40.7 Å². The molecule has 88 valence electrons. The van der Waals surface area contributed by atoms with Crippen molar-refractivity contribution in [1.29, 1.82) is 0 Å². The van der Waals surface area contributed by atoms with E-state index >= 15 is 0 Å². The first-order chi connectivity index (χ1) is 8.06. The summed E-state index contributed by atoms with van der Waals surface area (Å²) in [5, 5.41) is 9.60. The normalized spacial score (nSPS) is 10.5. The molecule has 0 atom stereocenters. The number of benzene rings is 1. The second-order valence-corrected chi connectivity index (χ2v) is 6.01. The van der Waals surface area contributed by atoms with E-state index in [1.807, 2.05) is 12.1 Å². The molecule has 6 heteroatoms. The lowest BCUT2D eigenvalue weighted by Gasteiger charge is -1.96. The molecule has 0 radical (unpaired) electrons. The van der Waals surface area contributed by atoms with E-state index in [0.29, 0.717) is 15.6 Å². The van der Waals surface area contributed by atoms with E-state index in [4.69, 9.17) is 16.7 Å². The van der Waals surface area contributed by atoms with Crippen LogP contribution in [0.1, 0.15) is 15.4 Å². The predicted octanol–water partition coefficient (Wildman–Crippen LogP) is 3.95. The van der Waals surface area contributed by atoms with Gasteiger partial charge in [-0.05, 0) is 31.2 Å². The Morgan fingerprint density at radius 1 is 1.41 bits per heavy atom. The third-order valence-corrected chi connectivity index (χ3v) is 4.46. The van der Waals surface area contributed by atoms with Crippen molar-refractivity contribution < 1.29 is 9.90 Å². The third-order valence-electron chi connectivity index (χ3n) is 1.99. The maximum atomic E-state index is 10.9. The number of hydrogen-bond donors (Lipinski definition) is 1. The second-order valence-electron chi connectivity index (χ2n) is 3.26. The Hall–Kier alpha value is -1.04. The Morgan fingerprint density at radius 3 is 2.59 bits per heavy atom. The molecule has 1 aromatic carbocycles. The average molecular weight is 286 g/mol. The van der Waals surface area contributed by atoms with Gasteiger partial charge in [0.15, 0.2) is 4.34 Å². The Balaban J connectivity index is 2.22. The number of aromatic carboxylic acids is 1. The van der Waals surface area contributed by atoms with E-state index < -0.39 is 5.97 Å². The first-order valence-electron chi connectivity index (χ1n) is 4.70. The zero-order valence-corrected chi connectivity index (χ0v) is 11.2. The first kappa shape index (κ1) is 12.4. The molecule has 1 aromatic heterocycles. The number of nitrogens with zero attached hydrogens (tertiary/aromatic N) is 1. The van der Waals surface area contributed by atoms with Crippen LogP contribution in [0.5, 0.6) is 0 Å². The van der Waals surface area contributed by atoms with Crippen LogP contribution in [0.4, 0.5) is 0 Å². The monoisotopic (exact) mass is 285 g/mol. The summed E-state index contributed by atoms with van der Waals surface area (Å²) < 4.78 is 0.724. The van der Waals surface area contributed by atoms with Crippen LogP contribution in [0.2, 0.25) is 5.02 Å². The Morgan fingerprint density at radius 2 is 2.06 bits per heavy atom. The highest BCUT2D eigenvalue weighted by Gasteiger charge is 2.14. The molecule has 0 saturated carbocycles. The third kappa shape index (κ3) is 3.00. The van der Waals surface area contributed by atoms with E-state index in [0.717, 1.165) is 9.24 Å². The van der Waals surface area contributed by atoms with Crippen molar-refractivity contribution in [1.82, 2.24) is 4.98 Å². The summed E-state index contributed by atoms with van der Waals surface area (Å²) >= 11 is 8.41. The van der Waals surface area contributed by atoms with Gasteiger partial charge in [-0.1, -0.05) is 23.4 Å². The van der Waals surface area contributed by atoms with Crippen LogP contribution in [-0.2, 0) is 0 Å². The van der Waals surface area contributed by atoms with Crippen LogP contribution >= 0.6 is 34.7 Å². The van der Waals surface area contributed by atoms with Crippen molar-refractivity contribution in [2.75, 3.05) is 0 Å². The predicted molar refractivity (Wildman–Crippen MR) is 69.4 cm³/mol. The fourth-order valence-corrected chi connectivity index (χ4v) is 3.34. The number of carboxylic acid groups (broad SMARTS) is 1. The van der Waals surface area contributed by atoms with Gasteiger partial charge in [0.25, 0.3) is 0 Å². The summed E-state index contributed by atoms with van der Waals surface area (Å²) in [4.78, 5) is 16.4. The highest BCUT2D eigenvalue weighted by Crippen LogP contribution is 2.33. The summed E-state index contributed by atoms with van der Waals surface area (Å²) in [5.41, 5.74) is 0.555. The van der Waals surface area contributed by atoms with E-state index in [9.17, 15) is 4.79 Å². The van der Waals surface area contributed by atoms with Gasteiger partial charge >= 0.3 is 5.97 Å². The summed E-state index contributed by atoms with van der Waals surface area (Å²) in [6.45, 7) is 1.70. The fourth-order valence-electron chi connectivity index (χ4n) is 1.22. The van der Waals surface area contributed by atoms with Gasteiger partial charge in [-0.3, -0.25) is 0 Å². The maximum absolute atomic E-state index is 10.9. The summed E-state index contributed by atoms with van der Waals surface area (Å²) in [6, 6.07) is 7.35. The molecule has 0 amide bonds. The van der Waals surface area contributed by atoms with Crippen molar-refractivity contribution in [2.45, 2.75) is 16.2 Å². The van der Waals surface area contributed by atoms with Gasteiger partial charge in [0.1, 0.15) is 4.88 Å². The van der Waals surface area contributed by atoms with Gasteiger partial charge in [-0.25, -0.2) is 9.78 Å².